The Bertz CT molecular complexity index is 590. The molecule has 0 radical (unpaired) electrons. The molecule has 1 rings (SSSR count). The van der Waals surface area contributed by atoms with Crippen LogP contribution in [0.4, 0.5) is 0 Å². The van der Waals surface area contributed by atoms with Crippen molar-refractivity contribution < 1.29 is 28.9 Å². The number of methoxy groups -OCH3 is 3. The molecule has 1 amide bonds. The van der Waals surface area contributed by atoms with Gasteiger partial charge in [-0.25, -0.2) is 0 Å². The van der Waals surface area contributed by atoms with Gasteiger partial charge in [0, 0.05) is 13.0 Å². The SMILES string of the molecule is COc1cc(C(=O)NCCCCCC(=O)O)c(Br)c(OC)c1OC. The number of carbonyl (C=O) groups is 2. The molecule has 7 nitrogen and oxygen atoms in total. The zero-order valence-electron chi connectivity index (χ0n) is 14.0. The number of benzene rings is 1. The maximum atomic E-state index is 12.4. The van der Waals surface area contributed by atoms with Gasteiger partial charge in [0.15, 0.2) is 11.5 Å². The van der Waals surface area contributed by atoms with E-state index in [2.05, 4.69) is 21.2 Å². The lowest BCUT2D eigenvalue weighted by Crippen LogP contribution is -2.25. The molecule has 0 aromatic heterocycles. The first-order chi connectivity index (χ1) is 11.5. The molecule has 0 bridgehead atoms. The summed E-state index contributed by atoms with van der Waals surface area (Å²) in [6.07, 6.45) is 2.19. The monoisotopic (exact) mass is 403 g/mol. The van der Waals surface area contributed by atoms with Gasteiger partial charge >= 0.3 is 5.97 Å². The smallest absolute Gasteiger partial charge is 0.303 e. The van der Waals surface area contributed by atoms with E-state index in [0.29, 0.717) is 46.7 Å². The van der Waals surface area contributed by atoms with Crippen LogP contribution in [-0.4, -0.2) is 44.9 Å². The van der Waals surface area contributed by atoms with Crippen LogP contribution in [0.15, 0.2) is 10.5 Å². The van der Waals surface area contributed by atoms with Gasteiger partial charge in [-0.3, -0.25) is 9.59 Å². The van der Waals surface area contributed by atoms with Crippen molar-refractivity contribution >= 4 is 27.8 Å². The van der Waals surface area contributed by atoms with E-state index < -0.39 is 5.97 Å². The fourth-order valence-electron chi connectivity index (χ4n) is 2.16. The van der Waals surface area contributed by atoms with Crippen molar-refractivity contribution in [3.05, 3.63) is 16.1 Å². The standard InChI is InChI=1S/C16H22BrNO6/c1-22-11-9-10(13(17)15(24-3)14(11)23-2)16(21)18-8-6-4-5-7-12(19)20/h9H,4-8H2,1-3H3,(H,18,21)(H,19,20). The number of unbranched alkanes of at least 4 members (excludes halogenated alkanes) is 2. The summed E-state index contributed by atoms with van der Waals surface area (Å²) in [6.45, 7) is 0.460. The first-order valence-electron chi connectivity index (χ1n) is 7.44. The third-order valence-electron chi connectivity index (χ3n) is 3.37. The van der Waals surface area contributed by atoms with Crippen molar-refractivity contribution in [2.75, 3.05) is 27.9 Å². The van der Waals surface area contributed by atoms with Crippen molar-refractivity contribution in [1.29, 1.82) is 0 Å². The minimum Gasteiger partial charge on any atom is -0.493 e. The molecule has 2 N–H and O–H groups in total. The second kappa shape index (κ2) is 10.0. The molecule has 0 saturated carbocycles. The van der Waals surface area contributed by atoms with E-state index in [1.807, 2.05) is 0 Å². The Morgan fingerprint density at radius 1 is 1.08 bits per heavy atom. The van der Waals surface area contributed by atoms with Gasteiger partial charge in [0.25, 0.3) is 5.91 Å². The van der Waals surface area contributed by atoms with E-state index in [4.69, 9.17) is 19.3 Å². The Morgan fingerprint density at radius 2 is 1.75 bits per heavy atom. The van der Waals surface area contributed by atoms with Crippen molar-refractivity contribution in [3.63, 3.8) is 0 Å². The van der Waals surface area contributed by atoms with Crippen LogP contribution < -0.4 is 19.5 Å². The highest BCUT2D eigenvalue weighted by atomic mass is 79.9. The topological polar surface area (TPSA) is 94.1 Å². The molecule has 8 heteroatoms. The number of carboxylic acid groups (broad SMARTS) is 1. The number of hydrogen-bond acceptors (Lipinski definition) is 5. The Kier molecular flexibility index (Phi) is 8.39. The number of aliphatic carboxylic acids is 1. The lowest BCUT2D eigenvalue weighted by atomic mass is 10.1. The Balaban J connectivity index is 2.75. The van der Waals surface area contributed by atoms with Crippen LogP contribution in [0.1, 0.15) is 36.0 Å². The van der Waals surface area contributed by atoms with E-state index in [0.717, 1.165) is 6.42 Å². The van der Waals surface area contributed by atoms with Gasteiger partial charge in [-0.2, -0.15) is 0 Å². The highest BCUT2D eigenvalue weighted by Gasteiger charge is 2.22. The van der Waals surface area contributed by atoms with Crippen molar-refractivity contribution in [1.82, 2.24) is 5.32 Å². The Labute approximate surface area is 149 Å². The van der Waals surface area contributed by atoms with Gasteiger partial charge in [-0.05, 0) is 34.8 Å². The first-order valence-corrected chi connectivity index (χ1v) is 8.24. The van der Waals surface area contributed by atoms with Gasteiger partial charge in [-0.15, -0.1) is 0 Å². The predicted octanol–water partition coefficient (Wildman–Crippen LogP) is 2.85. The molecular weight excluding hydrogens is 382 g/mol. The lowest BCUT2D eigenvalue weighted by molar-refractivity contribution is -0.137. The van der Waals surface area contributed by atoms with Crippen LogP contribution in [0.25, 0.3) is 0 Å². The van der Waals surface area contributed by atoms with Crippen LogP contribution in [0.3, 0.4) is 0 Å². The third kappa shape index (κ3) is 5.30. The van der Waals surface area contributed by atoms with Gasteiger partial charge in [-0.1, -0.05) is 6.42 Å². The Hall–Kier alpha value is -1.96. The predicted molar refractivity (Wildman–Crippen MR) is 92.2 cm³/mol. The zero-order chi connectivity index (χ0) is 18.1. The van der Waals surface area contributed by atoms with Crippen LogP contribution in [0.5, 0.6) is 17.2 Å². The minimum atomic E-state index is -0.805. The number of amides is 1. The van der Waals surface area contributed by atoms with Crippen LogP contribution in [-0.2, 0) is 4.79 Å². The quantitative estimate of drug-likeness (QED) is 0.583. The first kappa shape index (κ1) is 20.1. The summed E-state index contributed by atoms with van der Waals surface area (Å²) in [4.78, 5) is 22.8. The molecular formula is C16H22BrNO6. The highest BCUT2D eigenvalue weighted by Crippen LogP contribution is 2.44. The average molecular weight is 404 g/mol. The molecule has 0 atom stereocenters. The fraction of sp³-hybridized carbons (Fsp3) is 0.500. The second-order valence-electron chi connectivity index (χ2n) is 4.97. The molecule has 134 valence electrons. The second-order valence-corrected chi connectivity index (χ2v) is 5.76. The fourth-order valence-corrected chi connectivity index (χ4v) is 2.80. The molecule has 0 heterocycles. The Morgan fingerprint density at radius 3 is 2.29 bits per heavy atom. The number of ether oxygens (including phenoxy) is 3. The maximum Gasteiger partial charge on any atom is 0.303 e. The van der Waals surface area contributed by atoms with Gasteiger partial charge in [0.2, 0.25) is 5.75 Å². The van der Waals surface area contributed by atoms with Crippen molar-refractivity contribution in [3.8, 4) is 17.2 Å². The molecule has 0 fully saturated rings. The van der Waals surface area contributed by atoms with Crippen LogP contribution in [0, 0.1) is 0 Å². The number of nitrogens with one attached hydrogen (secondary N) is 1. The summed E-state index contributed by atoms with van der Waals surface area (Å²) in [5.41, 5.74) is 0.370. The summed E-state index contributed by atoms with van der Waals surface area (Å²) < 4.78 is 16.3. The number of halogens is 1. The molecule has 0 unspecified atom stereocenters. The minimum absolute atomic E-state index is 0.145. The third-order valence-corrected chi connectivity index (χ3v) is 4.15. The summed E-state index contributed by atoms with van der Waals surface area (Å²) in [7, 11) is 4.45. The summed E-state index contributed by atoms with van der Waals surface area (Å²) in [6, 6.07) is 1.57. The normalized spacial score (nSPS) is 10.2. The molecule has 0 aliphatic carbocycles. The number of carboxylic acids is 1. The molecule has 0 saturated heterocycles. The molecule has 24 heavy (non-hydrogen) atoms. The van der Waals surface area contributed by atoms with Crippen molar-refractivity contribution in [2.24, 2.45) is 0 Å². The van der Waals surface area contributed by atoms with E-state index in [1.54, 1.807) is 6.07 Å². The van der Waals surface area contributed by atoms with E-state index in [9.17, 15) is 9.59 Å². The van der Waals surface area contributed by atoms with E-state index in [1.165, 1.54) is 21.3 Å². The summed E-state index contributed by atoms with van der Waals surface area (Å²) >= 11 is 3.36. The lowest BCUT2D eigenvalue weighted by Gasteiger charge is -2.16. The van der Waals surface area contributed by atoms with E-state index >= 15 is 0 Å². The van der Waals surface area contributed by atoms with Gasteiger partial charge in [0.05, 0.1) is 31.4 Å². The molecule has 0 aliphatic rings. The average Bonchev–Trinajstić information content (AvgIpc) is 2.56. The zero-order valence-corrected chi connectivity index (χ0v) is 15.6. The number of hydrogen-bond donors (Lipinski definition) is 2. The number of carbonyl (C=O) groups excluding carboxylic acids is 1. The molecule has 0 spiro atoms. The van der Waals surface area contributed by atoms with Gasteiger partial charge < -0.3 is 24.6 Å². The van der Waals surface area contributed by atoms with Crippen LogP contribution in [0.2, 0.25) is 0 Å². The van der Waals surface area contributed by atoms with E-state index in [-0.39, 0.29) is 12.3 Å². The highest BCUT2D eigenvalue weighted by molar-refractivity contribution is 9.10. The maximum absolute atomic E-state index is 12.4. The molecule has 0 aliphatic heterocycles. The largest absolute Gasteiger partial charge is 0.493 e. The summed E-state index contributed by atoms with van der Waals surface area (Å²) in [5.74, 6) is 0.0875. The number of rotatable bonds is 10. The molecule has 1 aromatic rings. The molecule has 1 aromatic carbocycles. The van der Waals surface area contributed by atoms with Gasteiger partial charge in [0.1, 0.15) is 0 Å². The van der Waals surface area contributed by atoms with Crippen molar-refractivity contribution in [2.45, 2.75) is 25.7 Å². The van der Waals surface area contributed by atoms with Crippen LogP contribution >= 0.6 is 15.9 Å². The summed E-state index contributed by atoms with van der Waals surface area (Å²) in [5, 5.41) is 11.4.